The molecule has 2 aromatic carbocycles. The summed E-state index contributed by atoms with van der Waals surface area (Å²) in [5.41, 5.74) is 1.33. The summed E-state index contributed by atoms with van der Waals surface area (Å²) < 4.78 is 6.99. The summed E-state index contributed by atoms with van der Waals surface area (Å²) in [7, 11) is 0. The molecule has 0 bridgehead atoms. The zero-order valence-corrected chi connectivity index (χ0v) is 20.0. The van der Waals surface area contributed by atoms with Gasteiger partial charge in [-0.15, -0.1) is 0 Å². The van der Waals surface area contributed by atoms with Crippen LogP contribution < -0.4 is 10.2 Å². The van der Waals surface area contributed by atoms with Gasteiger partial charge in [0, 0.05) is 24.0 Å². The summed E-state index contributed by atoms with van der Waals surface area (Å²) in [6.07, 6.45) is 1.11. The first-order chi connectivity index (χ1) is 16.3. The molecule has 1 amide bonds. The quantitative estimate of drug-likeness (QED) is 0.492. The van der Waals surface area contributed by atoms with Crippen molar-refractivity contribution in [3.05, 3.63) is 92.9 Å². The SMILES string of the molecule is CCN1C[C@H]([C@@H](c2ccccc2)c2cccc(Cl)c2)n2ncc(=O)c(OC(=O)C(C)C)c2C1=O. The molecule has 8 heteroatoms. The molecule has 34 heavy (non-hydrogen) atoms. The van der Waals surface area contributed by atoms with Gasteiger partial charge in [0.1, 0.15) is 0 Å². The van der Waals surface area contributed by atoms with Crippen LogP contribution in [0.2, 0.25) is 5.02 Å². The molecule has 1 aliphatic rings. The second kappa shape index (κ2) is 9.81. The highest BCUT2D eigenvalue weighted by Gasteiger charge is 2.40. The molecule has 7 nitrogen and oxygen atoms in total. The lowest BCUT2D eigenvalue weighted by Gasteiger charge is -2.39. The van der Waals surface area contributed by atoms with E-state index in [9.17, 15) is 14.4 Å². The van der Waals surface area contributed by atoms with Crippen molar-refractivity contribution in [1.82, 2.24) is 14.7 Å². The van der Waals surface area contributed by atoms with E-state index < -0.39 is 23.2 Å². The van der Waals surface area contributed by atoms with Crippen molar-refractivity contribution < 1.29 is 14.3 Å². The molecule has 0 N–H and O–H groups in total. The van der Waals surface area contributed by atoms with Crippen LogP contribution in [-0.4, -0.2) is 39.6 Å². The number of amides is 1. The van der Waals surface area contributed by atoms with Gasteiger partial charge in [-0.05, 0) is 30.2 Å². The first-order valence-electron chi connectivity index (χ1n) is 11.2. The average molecular weight is 480 g/mol. The minimum atomic E-state index is -0.607. The van der Waals surface area contributed by atoms with Gasteiger partial charge in [-0.1, -0.05) is 67.9 Å². The predicted molar refractivity (Wildman–Crippen MR) is 129 cm³/mol. The molecule has 0 unspecified atom stereocenters. The maximum absolute atomic E-state index is 13.4. The van der Waals surface area contributed by atoms with E-state index in [1.165, 1.54) is 4.68 Å². The van der Waals surface area contributed by atoms with Crippen LogP contribution in [0.4, 0.5) is 0 Å². The largest absolute Gasteiger partial charge is 0.420 e. The molecule has 2 atom stereocenters. The number of esters is 1. The van der Waals surface area contributed by atoms with Gasteiger partial charge < -0.3 is 9.64 Å². The zero-order chi connectivity index (χ0) is 24.4. The number of carbonyl (C=O) groups is 2. The Bertz CT molecular complexity index is 1270. The molecule has 176 valence electrons. The molecule has 0 saturated heterocycles. The lowest BCUT2D eigenvalue weighted by Crippen LogP contribution is -2.47. The summed E-state index contributed by atoms with van der Waals surface area (Å²) >= 11 is 6.34. The Kier molecular flexibility index (Phi) is 6.84. The third-order valence-corrected chi connectivity index (χ3v) is 6.22. The van der Waals surface area contributed by atoms with Crippen molar-refractivity contribution in [3.8, 4) is 5.75 Å². The van der Waals surface area contributed by atoms with Crippen molar-refractivity contribution in [1.29, 1.82) is 0 Å². The number of hydrogen-bond acceptors (Lipinski definition) is 5. The average Bonchev–Trinajstić information content (AvgIpc) is 2.82. The number of rotatable bonds is 6. The third-order valence-electron chi connectivity index (χ3n) is 5.99. The summed E-state index contributed by atoms with van der Waals surface area (Å²) in [6.45, 7) is 5.99. The normalized spacial score (nSPS) is 16.3. The fourth-order valence-electron chi connectivity index (χ4n) is 4.27. The Hall–Kier alpha value is -3.45. The lowest BCUT2D eigenvalue weighted by atomic mass is 9.83. The second-order valence-corrected chi connectivity index (χ2v) is 9.00. The second-order valence-electron chi connectivity index (χ2n) is 8.56. The lowest BCUT2D eigenvalue weighted by molar-refractivity contribution is -0.137. The number of fused-ring (bicyclic) bond motifs is 1. The Morgan fingerprint density at radius 3 is 2.47 bits per heavy atom. The van der Waals surface area contributed by atoms with E-state index in [0.717, 1.165) is 17.3 Å². The molecule has 2 heterocycles. The Balaban J connectivity index is 1.95. The van der Waals surface area contributed by atoms with E-state index in [1.54, 1.807) is 18.7 Å². The summed E-state index contributed by atoms with van der Waals surface area (Å²) in [5.74, 6) is -1.95. The molecule has 0 saturated carbocycles. The van der Waals surface area contributed by atoms with Gasteiger partial charge in [-0.2, -0.15) is 5.10 Å². The highest BCUT2D eigenvalue weighted by Crippen LogP contribution is 2.40. The summed E-state index contributed by atoms with van der Waals surface area (Å²) in [5, 5.41) is 4.95. The Morgan fingerprint density at radius 1 is 1.12 bits per heavy atom. The number of halogens is 1. The smallest absolute Gasteiger partial charge is 0.313 e. The number of carbonyl (C=O) groups excluding carboxylic acids is 2. The van der Waals surface area contributed by atoms with E-state index >= 15 is 0 Å². The van der Waals surface area contributed by atoms with Crippen LogP contribution in [0.3, 0.4) is 0 Å². The minimum absolute atomic E-state index is 0.0115. The topological polar surface area (TPSA) is 81.5 Å². The van der Waals surface area contributed by atoms with Crippen LogP contribution in [0.15, 0.2) is 65.6 Å². The van der Waals surface area contributed by atoms with Crippen LogP contribution in [0.25, 0.3) is 0 Å². The molecule has 0 fully saturated rings. The van der Waals surface area contributed by atoms with Gasteiger partial charge in [-0.3, -0.25) is 19.1 Å². The molecule has 1 aromatic heterocycles. The predicted octanol–water partition coefficient (Wildman–Crippen LogP) is 4.31. The third kappa shape index (κ3) is 4.48. The highest BCUT2D eigenvalue weighted by atomic mass is 35.5. The van der Waals surface area contributed by atoms with E-state index in [0.29, 0.717) is 18.1 Å². The number of ether oxygens (including phenoxy) is 1. The minimum Gasteiger partial charge on any atom is -0.420 e. The molecule has 4 rings (SSSR count). The molecule has 0 radical (unpaired) electrons. The van der Waals surface area contributed by atoms with Crippen LogP contribution in [-0.2, 0) is 4.79 Å². The van der Waals surface area contributed by atoms with E-state index in [1.807, 2.05) is 61.5 Å². The van der Waals surface area contributed by atoms with Crippen molar-refractivity contribution in [3.63, 3.8) is 0 Å². The molecule has 1 aliphatic heterocycles. The number of likely N-dealkylation sites (N-methyl/N-ethyl adjacent to an activating group) is 1. The first-order valence-corrected chi connectivity index (χ1v) is 11.6. The number of aromatic nitrogens is 2. The van der Waals surface area contributed by atoms with Crippen LogP contribution in [0.5, 0.6) is 5.75 Å². The van der Waals surface area contributed by atoms with E-state index in [2.05, 4.69) is 5.10 Å². The first kappa shape index (κ1) is 23.7. The summed E-state index contributed by atoms with van der Waals surface area (Å²) in [6, 6.07) is 17.1. The number of hydrogen-bond donors (Lipinski definition) is 0. The van der Waals surface area contributed by atoms with Gasteiger partial charge in [0.2, 0.25) is 11.2 Å². The van der Waals surface area contributed by atoms with Gasteiger partial charge in [0.15, 0.2) is 5.69 Å². The number of benzene rings is 2. The Labute approximate surface area is 202 Å². The van der Waals surface area contributed by atoms with Crippen molar-refractivity contribution in [2.45, 2.75) is 32.7 Å². The molecule has 0 aliphatic carbocycles. The zero-order valence-electron chi connectivity index (χ0n) is 19.3. The van der Waals surface area contributed by atoms with Crippen LogP contribution in [0, 0.1) is 5.92 Å². The van der Waals surface area contributed by atoms with E-state index in [4.69, 9.17) is 16.3 Å². The van der Waals surface area contributed by atoms with Gasteiger partial charge in [0.05, 0.1) is 18.2 Å². The molecular weight excluding hydrogens is 454 g/mol. The van der Waals surface area contributed by atoms with Crippen LogP contribution >= 0.6 is 11.6 Å². The van der Waals surface area contributed by atoms with E-state index in [-0.39, 0.29) is 23.4 Å². The maximum atomic E-state index is 13.4. The maximum Gasteiger partial charge on any atom is 0.313 e. The fourth-order valence-corrected chi connectivity index (χ4v) is 4.47. The van der Waals surface area contributed by atoms with Gasteiger partial charge >= 0.3 is 5.97 Å². The van der Waals surface area contributed by atoms with Gasteiger partial charge in [0.25, 0.3) is 5.91 Å². The highest BCUT2D eigenvalue weighted by molar-refractivity contribution is 6.30. The van der Waals surface area contributed by atoms with Crippen LogP contribution in [0.1, 0.15) is 54.3 Å². The Morgan fingerprint density at radius 2 is 1.82 bits per heavy atom. The van der Waals surface area contributed by atoms with Crippen molar-refractivity contribution in [2.75, 3.05) is 13.1 Å². The fraction of sp³-hybridized carbons (Fsp3) is 0.308. The monoisotopic (exact) mass is 479 g/mol. The molecular formula is C26H26ClN3O4. The van der Waals surface area contributed by atoms with Gasteiger partial charge in [-0.25, -0.2) is 0 Å². The molecule has 3 aromatic rings. The van der Waals surface area contributed by atoms with Crippen molar-refractivity contribution >= 4 is 23.5 Å². The molecule has 0 spiro atoms. The number of nitrogens with zero attached hydrogens (tertiary/aromatic N) is 3. The summed E-state index contributed by atoms with van der Waals surface area (Å²) in [4.78, 5) is 40.1. The van der Waals surface area contributed by atoms with Crippen molar-refractivity contribution in [2.24, 2.45) is 5.92 Å². The standard InChI is InChI=1S/C26H26ClN3O4/c1-4-29-15-20(22(17-9-6-5-7-10-17)18-11-8-12-19(27)13-18)30-23(25(29)32)24(21(31)14-28-30)34-26(33)16(2)3/h5-14,16,20,22H,4,15H2,1-3H3/t20-,22+/m1/s1.